The van der Waals surface area contributed by atoms with Gasteiger partial charge in [-0.15, -0.1) is 12.6 Å². The molecule has 0 aromatic heterocycles. The molecule has 0 spiro atoms. The molecule has 110 valence electrons. The van der Waals surface area contributed by atoms with Crippen LogP contribution in [0.25, 0.3) is 0 Å². The molecule has 4 atom stereocenters. The minimum Gasteiger partial charge on any atom is -0.292 e. The highest BCUT2D eigenvalue weighted by Gasteiger charge is 2.52. The summed E-state index contributed by atoms with van der Waals surface area (Å²) in [6.45, 7) is 0. The first-order valence-electron chi connectivity index (χ1n) is 8.16. The number of aliphatic imine (C=N–C) groups is 1. The number of hydrogen-bond acceptors (Lipinski definition) is 3. The molecule has 0 bridgehead atoms. The van der Waals surface area contributed by atoms with Crippen molar-refractivity contribution in [3.05, 3.63) is 24.3 Å². The summed E-state index contributed by atoms with van der Waals surface area (Å²) in [7, 11) is 0. The van der Waals surface area contributed by atoms with Gasteiger partial charge in [0.15, 0.2) is 5.78 Å². The minimum absolute atomic E-state index is 0.275. The molecular formula is C18H21NOS. The Morgan fingerprint density at radius 2 is 1.62 bits per heavy atom. The molecule has 0 radical (unpaired) electrons. The largest absolute Gasteiger partial charge is 0.292 e. The van der Waals surface area contributed by atoms with Crippen molar-refractivity contribution in [1.82, 2.24) is 0 Å². The number of benzene rings is 1. The van der Waals surface area contributed by atoms with E-state index in [9.17, 15) is 4.79 Å². The first-order chi connectivity index (χ1) is 10.2. The second-order valence-electron chi connectivity index (χ2n) is 6.79. The standard InChI is InChI=1S/C18H21NOS/c20-18-15-6-2-4-11-3-1-5-14(16(11)15)17(18)19-12-7-9-13(21)10-8-12/h7-11,14-16,21H,1-6H2. The maximum atomic E-state index is 12.8. The molecule has 3 saturated carbocycles. The van der Waals surface area contributed by atoms with Crippen LogP contribution in [0.5, 0.6) is 0 Å². The molecule has 21 heavy (non-hydrogen) atoms. The number of Topliss-reactive ketones (excluding diaryl/α,β-unsaturated/α-hetero) is 1. The van der Waals surface area contributed by atoms with E-state index in [4.69, 9.17) is 4.99 Å². The SMILES string of the molecule is O=C1C(=Nc2ccc(S)cc2)C2CCCC3CCCC1C32. The quantitative estimate of drug-likeness (QED) is 0.762. The zero-order chi connectivity index (χ0) is 14.4. The van der Waals surface area contributed by atoms with Gasteiger partial charge in [0.25, 0.3) is 0 Å². The highest BCUT2D eigenvalue weighted by Crippen LogP contribution is 2.52. The van der Waals surface area contributed by atoms with E-state index in [1.807, 2.05) is 24.3 Å². The van der Waals surface area contributed by atoms with Gasteiger partial charge in [-0.2, -0.15) is 0 Å². The van der Waals surface area contributed by atoms with Gasteiger partial charge in [0.2, 0.25) is 0 Å². The molecule has 0 aliphatic heterocycles. The van der Waals surface area contributed by atoms with Crippen LogP contribution >= 0.6 is 12.6 Å². The zero-order valence-corrected chi connectivity index (χ0v) is 13.1. The van der Waals surface area contributed by atoms with Gasteiger partial charge in [0.05, 0.1) is 11.4 Å². The lowest BCUT2D eigenvalue weighted by atomic mass is 9.65. The predicted molar refractivity (Wildman–Crippen MR) is 87.5 cm³/mol. The van der Waals surface area contributed by atoms with Crippen molar-refractivity contribution < 1.29 is 4.79 Å². The van der Waals surface area contributed by atoms with E-state index in [1.54, 1.807) is 0 Å². The van der Waals surface area contributed by atoms with Gasteiger partial charge in [-0.05, 0) is 48.9 Å². The van der Waals surface area contributed by atoms with Crippen molar-refractivity contribution in [3.8, 4) is 0 Å². The fourth-order valence-corrected chi connectivity index (χ4v) is 5.00. The Balaban J connectivity index is 1.71. The van der Waals surface area contributed by atoms with Crippen LogP contribution in [0.2, 0.25) is 0 Å². The Bertz CT molecular complexity index is 590. The van der Waals surface area contributed by atoms with Crippen LogP contribution < -0.4 is 0 Å². The summed E-state index contributed by atoms with van der Waals surface area (Å²) in [6, 6.07) is 7.81. The number of rotatable bonds is 1. The Kier molecular flexibility index (Phi) is 3.41. The van der Waals surface area contributed by atoms with Crippen molar-refractivity contribution in [2.24, 2.45) is 28.7 Å². The maximum absolute atomic E-state index is 12.8. The van der Waals surface area contributed by atoms with E-state index in [1.165, 1.54) is 25.7 Å². The van der Waals surface area contributed by atoms with Gasteiger partial charge in [-0.25, -0.2) is 4.99 Å². The predicted octanol–water partition coefficient (Wildman–Crippen LogP) is 4.46. The van der Waals surface area contributed by atoms with Crippen molar-refractivity contribution in [2.75, 3.05) is 0 Å². The second kappa shape index (κ2) is 5.28. The van der Waals surface area contributed by atoms with E-state index in [0.717, 1.165) is 35.1 Å². The summed E-state index contributed by atoms with van der Waals surface area (Å²) >= 11 is 4.31. The molecule has 0 saturated heterocycles. The summed E-state index contributed by atoms with van der Waals surface area (Å²) in [5, 5.41) is 0. The molecular weight excluding hydrogens is 278 g/mol. The molecule has 3 heteroatoms. The maximum Gasteiger partial charge on any atom is 0.180 e. The summed E-state index contributed by atoms with van der Waals surface area (Å²) < 4.78 is 0. The third-order valence-corrected chi connectivity index (χ3v) is 5.99. The molecule has 1 aromatic rings. The first kappa shape index (κ1) is 13.6. The van der Waals surface area contributed by atoms with Crippen LogP contribution in [0.1, 0.15) is 38.5 Å². The number of hydrogen-bond donors (Lipinski definition) is 1. The smallest absolute Gasteiger partial charge is 0.180 e. The lowest BCUT2D eigenvalue weighted by molar-refractivity contribution is -0.118. The van der Waals surface area contributed by atoms with Crippen molar-refractivity contribution >= 4 is 29.8 Å². The molecule has 4 unspecified atom stereocenters. The fraction of sp³-hybridized carbons (Fsp3) is 0.556. The lowest BCUT2D eigenvalue weighted by Gasteiger charge is -2.39. The van der Waals surface area contributed by atoms with Gasteiger partial charge in [-0.3, -0.25) is 4.79 Å². The highest BCUT2D eigenvalue weighted by atomic mass is 32.1. The topological polar surface area (TPSA) is 29.4 Å². The lowest BCUT2D eigenvalue weighted by Crippen LogP contribution is -2.33. The molecule has 0 heterocycles. The van der Waals surface area contributed by atoms with Crippen LogP contribution in [0.4, 0.5) is 5.69 Å². The Hall–Kier alpha value is -1.09. The van der Waals surface area contributed by atoms with Crippen molar-refractivity contribution in [2.45, 2.75) is 43.4 Å². The van der Waals surface area contributed by atoms with Gasteiger partial charge in [-0.1, -0.05) is 25.7 Å². The normalized spacial score (nSPS) is 36.8. The Labute approximate surface area is 131 Å². The zero-order valence-electron chi connectivity index (χ0n) is 12.2. The van der Waals surface area contributed by atoms with E-state index >= 15 is 0 Å². The Morgan fingerprint density at radius 3 is 2.33 bits per heavy atom. The van der Waals surface area contributed by atoms with E-state index in [0.29, 0.717) is 17.6 Å². The number of nitrogens with zero attached hydrogens (tertiary/aromatic N) is 1. The average Bonchev–Trinajstić information content (AvgIpc) is 2.78. The molecule has 1 aromatic carbocycles. The third kappa shape index (κ3) is 2.26. The second-order valence-corrected chi connectivity index (χ2v) is 7.31. The van der Waals surface area contributed by atoms with Crippen molar-refractivity contribution in [3.63, 3.8) is 0 Å². The average molecular weight is 299 g/mol. The monoisotopic (exact) mass is 299 g/mol. The number of ketones is 1. The van der Waals surface area contributed by atoms with Crippen LogP contribution in [0.3, 0.4) is 0 Å². The molecule has 3 aliphatic rings. The number of carbonyl (C=O) groups is 1. The van der Waals surface area contributed by atoms with E-state index < -0.39 is 0 Å². The molecule has 0 N–H and O–H groups in total. The molecule has 2 nitrogen and oxygen atoms in total. The van der Waals surface area contributed by atoms with Gasteiger partial charge >= 0.3 is 0 Å². The van der Waals surface area contributed by atoms with E-state index in [-0.39, 0.29) is 5.92 Å². The molecule has 3 aliphatic carbocycles. The van der Waals surface area contributed by atoms with Crippen molar-refractivity contribution in [1.29, 1.82) is 0 Å². The summed E-state index contributed by atoms with van der Waals surface area (Å²) in [4.78, 5) is 18.5. The molecule has 3 fully saturated rings. The van der Waals surface area contributed by atoms with Crippen LogP contribution in [0.15, 0.2) is 34.2 Å². The third-order valence-electron chi connectivity index (χ3n) is 5.69. The highest BCUT2D eigenvalue weighted by molar-refractivity contribution is 7.80. The summed E-state index contributed by atoms with van der Waals surface area (Å²) in [6.07, 6.45) is 7.39. The summed E-state index contributed by atoms with van der Waals surface area (Å²) in [5.41, 5.74) is 1.78. The van der Waals surface area contributed by atoms with Gasteiger partial charge in [0, 0.05) is 16.7 Å². The Morgan fingerprint density at radius 1 is 0.952 bits per heavy atom. The first-order valence-corrected chi connectivity index (χ1v) is 8.60. The van der Waals surface area contributed by atoms with E-state index in [2.05, 4.69) is 12.6 Å². The van der Waals surface area contributed by atoms with Gasteiger partial charge in [0.1, 0.15) is 0 Å². The molecule has 4 rings (SSSR count). The number of carbonyl (C=O) groups excluding carboxylic acids is 1. The minimum atomic E-state index is 0.275. The van der Waals surface area contributed by atoms with Gasteiger partial charge < -0.3 is 0 Å². The number of thiol groups is 1. The molecule has 0 amide bonds. The van der Waals surface area contributed by atoms with Crippen LogP contribution in [-0.4, -0.2) is 11.5 Å². The van der Waals surface area contributed by atoms with Crippen LogP contribution in [-0.2, 0) is 4.79 Å². The summed E-state index contributed by atoms with van der Waals surface area (Å²) in [5.74, 6) is 2.43. The fourth-order valence-electron chi connectivity index (χ4n) is 4.85. The van der Waals surface area contributed by atoms with Crippen LogP contribution in [0, 0.1) is 23.7 Å².